The lowest BCUT2D eigenvalue weighted by molar-refractivity contribution is -0.374. The fourth-order valence-corrected chi connectivity index (χ4v) is 3.34. The first kappa shape index (κ1) is 23.5. The number of aryl methyl sites for hydroxylation is 1. The molecule has 9 nitrogen and oxygen atoms in total. The first-order chi connectivity index (χ1) is 15.3. The molecule has 0 saturated carbocycles. The summed E-state index contributed by atoms with van der Waals surface area (Å²) in [5.74, 6) is -0.0998. The lowest BCUT2D eigenvalue weighted by Crippen LogP contribution is -2.47. The maximum atomic E-state index is 12.7. The third-order valence-electron chi connectivity index (χ3n) is 4.94. The highest BCUT2D eigenvalue weighted by Gasteiger charge is 2.37. The Kier molecular flexibility index (Phi) is 8.03. The molecule has 0 aliphatic carbocycles. The van der Waals surface area contributed by atoms with Crippen LogP contribution in [0.2, 0.25) is 0 Å². The summed E-state index contributed by atoms with van der Waals surface area (Å²) in [6.45, 7) is 0.493. The fraction of sp³-hybridized carbons (Fsp3) is 0.500. The molecule has 0 spiro atoms. The summed E-state index contributed by atoms with van der Waals surface area (Å²) in [5, 5.41) is 13.1. The fourth-order valence-electron chi connectivity index (χ4n) is 3.34. The highest BCUT2D eigenvalue weighted by Crippen LogP contribution is 2.29. The normalized spacial score (nSPS) is 15.9. The summed E-state index contributed by atoms with van der Waals surface area (Å²) >= 11 is 0. The van der Waals surface area contributed by atoms with E-state index in [4.69, 9.17) is 4.74 Å². The zero-order chi connectivity index (χ0) is 23.0. The SMILES string of the molecule is O=C(CCCc1cn[nH]n1)NC1CCN(C(=O)OC(OC(F)(F)F)c2ccccc2)CC1. The van der Waals surface area contributed by atoms with Gasteiger partial charge in [0.2, 0.25) is 12.2 Å². The van der Waals surface area contributed by atoms with E-state index in [0.717, 1.165) is 5.69 Å². The van der Waals surface area contributed by atoms with Crippen molar-refractivity contribution < 1.29 is 32.2 Å². The number of benzene rings is 1. The Hall–Kier alpha value is -3.15. The maximum absolute atomic E-state index is 12.7. The smallest absolute Gasteiger partial charge is 0.415 e. The topological polar surface area (TPSA) is 109 Å². The van der Waals surface area contributed by atoms with Gasteiger partial charge in [0.05, 0.1) is 11.9 Å². The molecule has 32 heavy (non-hydrogen) atoms. The Morgan fingerprint density at radius 1 is 1.22 bits per heavy atom. The zero-order valence-corrected chi connectivity index (χ0v) is 17.2. The van der Waals surface area contributed by atoms with E-state index in [2.05, 4.69) is 25.5 Å². The summed E-state index contributed by atoms with van der Waals surface area (Å²) in [4.78, 5) is 25.8. The van der Waals surface area contributed by atoms with Crippen molar-refractivity contribution in [1.29, 1.82) is 0 Å². The van der Waals surface area contributed by atoms with Crippen molar-refractivity contribution in [2.75, 3.05) is 13.1 Å². The minimum atomic E-state index is -4.97. The van der Waals surface area contributed by atoms with Gasteiger partial charge < -0.3 is 15.0 Å². The van der Waals surface area contributed by atoms with Crippen molar-refractivity contribution in [1.82, 2.24) is 25.6 Å². The van der Waals surface area contributed by atoms with Crippen molar-refractivity contribution in [2.45, 2.75) is 50.8 Å². The van der Waals surface area contributed by atoms with Gasteiger partial charge in [-0.15, -0.1) is 13.2 Å². The average Bonchev–Trinajstić information content (AvgIpc) is 3.27. The Balaban J connectivity index is 1.43. The Morgan fingerprint density at radius 2 is 1.94 bits per heavy atom. The number of ether oxygens (including phenoxy) is 2. The van der Waals surface area contributed by atoms with Crippen LogP contribution in [0.15, 0.2) is 36.5 Å². The zero-order valence-electron chi connectivity index (χ0n) is 17.2. The highest BCUT2D eigenvalue weighted by atomic mass is 19.4. The number of alkyl halides is 3. The molecule has 1 aliphatic heterocycles. The quantitative estimate of drug-likeness (QED) is 0.592. The number of H-pyrrole nitrogens is 1. The van der Waals surface area contributed by atoms with E-state index in [9.17, 15) is 22.8 Å². The summed E-state index contributed by atoms with van der Waals surface area (Å²) < 4.78 is 47.2. The maximum Gasteiger partial charge on any atom is 0.525 e. The largest absolute Gasteiger partial charge is 0.525 e. The Morgan fingerprint density at radius 3 is 2.56 bits per heavy atom. The van der Waals surface area contributed by atoms with Crippen LogP contribution in [0.25, 0.3) is 0 Å². The van der Waals surface area contributed by atoms with E-state index >= 15 is 0 Å². The second-order valence-electron chi connectivity index (χ2n) is 7.33. The third-order valence-corrected chi connectivity index (χ3v) is 4.94. The standard InChI is InChI=1S/C20H24F3N5O4/c21-20(22,23)32-18(14-5-2-1-3-6-14)31-19(30)28-11-9-15(10-12-28)25-17(29)8-4-7-16-13-24-27-26-16/h1-3,5-6,13,15,18H,4,7-12H2,(H,25,29)(H,24,26,27). The van der Waals surface area contributed by atoms with Crippen molar-refractivity contribution in [3.8, 4) is 0 Å². The number of hydrogen-bond acceptors (Lipinski definition) is 6. The number of aromatic nitrogens is 3. The second kappa shape index (κ2) is 10.9. The summed E-state index contributed by atoms with van der Waals surface area (Å²) in [5.41, 5.74) is 0.860. The lowest BCUT2D eigenvalue weighted by Gasteiger charge is -2.32. The number of nitrogens with zero attached hydrogens (tertiary/aromatic N) is 3. The van der Waals surface area contributed by atoms with Crippen molar-refractivity contribution >= 4 is 12.0 Å². The second-order valence-corrected chi connectivity index (χ2v) is 7.33. The lowest BCUT2D eigenvalue weighted by atomic mass is 10.0. The van der Waals surface area contributed by atoms with Gasteiger partial charge in [0.15, 0.2) is 0 Å². The molecule has 2 N–H and O–H groups in total. The monoisotopic (exact) mass is 455 g/mol. The number of hydrogen-bond donors (Lipinski definition) is 2. The molecule has 1 aromatic heterocycles. The number of nitrogens with one attached hydrogen (secondary N) is 2. The molecule has 1 fully saturated rings. The van der Waals surface area contributed by atoms with Crippen LogP contribution in [0, 0.1) is 0 Å². The number of amides is 2. The number of carbonyl (C=O) groups excluding carboxylic acids is 2. The van der Waals surface area contributed by atoms with E-state index in [0.29, 0.717) is 32.1 Å². The molecule has 2 heterocycles. The van der Waals surface area contributed by atoms with E-state index in [1.54, 1.807) is 12.3 Å². The van der Waals surface area contributed by atoms with E-state index in [-0.39, 0.29) is 30.6 Å². The van der Waals surface area contributed by atoms with E-state index < -0.39 is 18.7 Å². The molecule has 0 radical (unpaired) electrons. The number of aromatic amines is 1. The van der Waals surface area contributed by atoms with Gasteiger partial charge in [-0.1, -0.05) is 30.3 Å². The Labute approximate surface area is 182 Å². The number of halogens is 3. The molecular formula is C20H24F3N5O4. The van der Waals surface area contributed by atoms with E-state index in [1.807, 2.05) is 0 Å². The van der Waals surface area contributed by atoms with Crippen LogP contribution in [0.3, 0.4) is 0 Å². The van der Waals surface area contributed by atoms with Gasteiger partial charge in [0, 0.05) is 31.1 Å². The molecule has 0 bridgehead atoms. The number of likely N-dealkylation sites (tertiary alicyclic amines) is 1. The van der Waals surface area contributed by atoms with Gasteiger partial charge >= 0.3 is 12.5 Å². The molecule has 1 atom stereocenters. The van der Waals surface area contributed by atoms with Crippen LogP contribution in [0.4, 0.5) is 18.0 Å². The first-order valence-corrected chi connectivity index (χ1v) is 10.2. The summed E-state index contributed by atoms with van der Waals surface area (Å²) in [7, 11) is 0. The molecule has 1 aliphatic rings. The van der Waals surface area contributed by atoms with Gasteiger partial charge in [-0.2, -0.15) is 15.4 Å². The van der Waals surface area contributed by atoms with Gasteiger partial charge in [-0.05, 0) is 25.7 Å². The van der Waals surface area contributed by atoms with Crippen LogP contribution in [0.1, 0.15) is 43.2 Å². The molecule has 1 saturated heterocycles. The van der Waals surface area contributed by atoms with Crippen molar-refractivity contribution in [2.24, 2.45) is 0 Å². The van der Waals surface area contributed by atoms with Crippen LogP contribution in [-0.2, 0) is 20.7 Å². The van der Waals surface area contributed by atoms with Crippen LogP contribution < -0.4 is 5.32 Å². The highest BCUT2D eigenvalue weighted by molar-refractivity contribution is 5.76. The summed E-state index contributed by atoms with van der Waals surface area (Å²) in [6, 6.07) is 7.33. The van der Waals surface area contributed by atoms with Gasteiger partial charge in [0.25, 0.3) is 0 Å². The van der Waals surface area contributed by atoms with Crippen LogP contribution in [-0.4, -0.2) is 57.8 Å². The average molecular weight is 455 g/mol. The van der Waals surface area contributed by atoms with Crippen LogP contribution >= 0.6 is 0 Å². The summed E-state index contributed by atoms with van der Waals surface area (Å²) in [6.07, 6.45) is -3.62. The van der Waals surface area contributed by atoms with Crippen molar-refractivity contribution in [3.63, 3.8) is 0 Å². The van der Waals surface area contributed by atoms with Gasteiger partial charge in [0.1, 0.15) is 0 Å². The van der Waals surface area contributed by atoms with Gasteiger partial charge in [-0.25, -0.2) is 9.53 Å². The Bertz CT molecular complexity index is 856. The molecule has 2 aromatic rings. The van der Waals surface area contributed by atoms with Gasteiger partial charge in [-0.3, -0.25) is 4.79 Å². The predicted molar refractivity (Wildman–Crippen MR) is 105 cm³/mol. The molecule has 1 aromatic carbocycles. The van der Waals surface area contributed by atoms with Crippen LogP contribution in [0.5, 0.6) is 0 Å². The predicted octanol–water partition coefficient (Wildman–Crippen LogP) is 3.08. The molecular weight excluding hydrogens is 431 g/mol. The van der Waals surface area contributed by atoms with Crippen molar-refractivity contribution in [3.05, 3.63) is 47.8 Å². The minimum absolute atomic E-state index is 0.0749. The minimum Gasteiger partial charge on any atom is -0.415 e. The molecule has 174 valence electrons. The number of carbonyl (C=O) groups is 2. The first-order valence-electron chi connectivity index (χ1n) is 10.2. The number of rotatable bonds is 8. The molecule has 1 unspecified atom stereocenters. The molecule has 2 amide bonds. The third kappa shape index (κ3) is 7.52. The number of piperidine rings is 1. The molecule has 3 rings (SSSR count). The van der Waals surface area contributed by atoms with E-state index in [1.165, 1.54) is 29.2 Å². The molecule has 12 heteroatoms.